The summed E-state index contributed by atoms with van der Waals surface area (Å²) in [5.74, 6) is 0.898. The third-order valence-corrected chi connectivity index (χ3v) is 3.20. The number of nitrogens with zero attached hydrogens (tertiary/aromatic N) is 1. The smallest absolute Gasteiger partial charge is 0.0519 e. The van der Waals surface area contributed by atoms with E-state index >= 15 is 0 Å². The first-order valence-corrected chi connectivity index (χ1v) is 5.48. The van der Waals surface area contributed by atoms with Gasteiger partial charge in [0.2, 0.25) is 0 Å². The van der Waals surface area contributed by atoms with E-state index in [9.17, 15) is 0 Å². The summed E-state index contributed by atoms with van der Waals surface area (Å²) in [5.41, 5.74) is 2.48. The van der Waals surface area contributed by atoms with Crippen LogP contribution in [0.25, 0.3) is 0 Å². The Bertz CT molecular complexity index is 292. The number of hydrogen-bond acceptors (Lipinski definition) is 2. The summed E-state index contributed by atoms with van der Waals surface area (Å²) >= 11 is 0. The van der Waals surface area contributed by atoms with Crippen LogP contribution in [0.5, 0.6) is 0 Å². The van der Waals surface area contributed by atoms with Crippen LogP contribution in [-0.4, -0.2) is 16.2 Å². The highest BCUT2D eigenvalue weighted by atomic mass is 15.1. The number of aromatic nitrogens is 2. The van der Waals surface area contributed by atoms with E-state index in [2.05, 4.69) is 29.4 Å². The van der Waals surface area contributed by atoms with Gasteiger partial charge in [-0.1, -0.05) is 6.92 Å². The molecular formula is C11H19N3. The van der Waals surface area contributed by atoms with Gasteiger partial charge >= 0.3 is 0 Å². The SMILES string of the molecule is Cc1cn[nH]c1CNC1CCC(C)C1. The number of aryl methyl sites for hydroxylation is 1. The van der Waals surface area contributed by atoms with Gasteiger partial charge in [0.05, 0.1) is 11.9 Å². The maximum Gasteiger partial charge on any atom is 0.0519 e. The summed E-state index contributed by atoms with van der Waals surface area (Å²) in [6, 6.07) is 0.715. The number of nitrogens with one attached hydrogen (secondary N) is 2. The first-order chi connectivity index (χ1) is 6.75. The molecule has 0 aliphatic heterocycles. The molecule has 2 atom stereocenters. The van der Waals surface area contributed by atoms with Crippen molar-refractivity contribution in [3.63, 3.8) is 0 Å². The van der Waals surface area contributed by atoms with Gasteiger partial charge in [0, 0.05) is 12.6 Å². The van der Waals surface area contributed by atoms with Crippen molar-refractivity contribution in [2.75, 3.05) is 0 Å². The first kappa shape index (κ1) is 9.71. The van der Waals surface area contributed by atoms with Crippen LogP contribution in [-0.2, 0) is 6.54 Å². The number of aromatic amines is 1. The minimum Gasteiger partial charge on any atom is -0.308 e. The van der Waals surface area contributed by atoms with Crippen molar-refractivity contribution in [2.45, 2.75) is 45.7 Å². The summed E-state index contributed by atoms with van der Waals surface area (Å²) in [4.78, 5) is 0. The van der Waals surface area contributed by atoms with Gasteiger partial charge in [0.15, 0.2) is 0 Å². The van der Waals surface area contributed by atoms with Gasteiger partial charge < -0.3 is 5.32 Å². The Morgan fingerprint density at radius 1 is 1.57 bits per heavy atom. The fourth-order valence-electron chi connectivity index (χ4n) is 2.19. The molecule has 0 amide bonds. The number of rotatable bonds is 3. The Balaban J connectivity index is 1.80. The highest BCUT2D eigenvalue weighted by Gasteiger charge is 2.20. The van der Waals surface area contributed by atoms with Crippen LogP contribution < -0.4 is 5.32 Å². The highest BCUT2D eigenvalue weighted by molar-refractivity contribution is 5.13. The summed E-state index contributed by atoms with van der Waals surface area (Å²) in [7, 11) is 0. The molecule has 1 saturated carbocycles. The molecular weight excluding hydrogens is 174 g/mol. The molecule has 3 nitrogen and oxygen atoms in total. The van der Waals surface area contributed by atoms with E-state index in [1.54, 1.807) is 0 Å². The van der Waals surface area contributed by atoms with Crippen molar-refractivity contribution < 1.29 is 0 Å². The molecule has 2 N–H and O–H groups in total. The fourth-order valence-corrected chi connectivity index (χ4v) is 2.19. The lowest BCUT2D eigenvalue weighted by Crippen LogP contribution is -2.26. The Labute approximate surface area is 85.3 Å². The summed E-state index contributed by atoms with van der Waals surface area (Å²) < 4.78 is 0. The van der Waals surface area contributed by atoms with Gasteiger partial charge in [0.25, 0.3) is 0 Å². The van der Waals surface area contributed by atoms with Gasteiger partial charge in [-0.3, -0.25) is 5.10 Å². The Kier molecular flexibility index (Phi) is 2.87. The molecule has 1 heterocycles. The van der Waals surface area contributed by atoms with E-state index in [0.29, 0.717) is 6.04 Å². The number of H-pyrrole nitrogens is 1. The molecule has 1 aromatic rings. The molecule has 1 aliphatic rings. The molecule has 0 aromatic carbocycles. The summed E-state index contributed by atoms with van der Waals surface area (Å²) in [6.07, 6.45) is 5.91. The predicted octanol–water partition coefficient (Wildman–Crippen LogP) is 2.00. The minimum absolute atomic E-state index is 0.715. The molecule has 1 fully saturated rings. The monoisotopic (exact) mass is 193 g/mol. The fraction of sp³-hybridized carbons (Fsp3) is 0.727. The van der Waals surface area contributed by atoms with Crippen LogP contribution in [0.1, 0.15) is 37.4 Å². The second kappa shape index (κ2) is 4.13. The van der Waals surface area contributed by atoms with Gasteiger partial charge in [-0.05, 0) is 37.7 Å². The van der Waals surface area contributed by atoms with Crippen molar-refractivity contribution in [1.29, 1.82) is 0 Å². The first-order valence-electron chi connectivity index (χ1n) is 5.48. The van der Waals surface area contributed by atoms with Crippen LogP contribution in [0.4, 0.5) is 0 Å². The third kappa shape index (κ3) is 2.15. The molecule has 0 bridgehead atoms. The standard InChI is InChI=1S/C11H19N3/c1-8-3-4-10(5-8)12-7-11-9(2)6-13-14-11/h6,8,10,12H,3-5,7H2,1-2H3,(H,13,14). The molecule has 0 saturated heterocycles. The number of hydrogen-bond donors (Lipinski definition) is 2. The minimum atomic E-state index is 0.715. The Morgan fingerprint density at radius 3 is 3.00 bits per heavy atom. The van der Waals surface area contributed by atoms with Crippen LogP contribution >= 0.6 is 0 Å². The highest BCUT2D eigenvalue weighted by Crippen LogP contribution is 2.24. The zero-order valence-electron chi connectivity index (χ0n) is 9.01. The zero-order valence-corrected chi connectivity index (χ0v) is 9.01. The van der Waals surface area contributed by atoms with E-state index < -0.39 is 0 Å². The molecule has 3 heteroatoms. The molecule has 2 rings (SSSR count). The van der Waals surface area contributed by atoms with Gasteiger partial charge in [-0.15, -0.1) is 0 Å². The van der Waals surface area contributed by atoms with Gasteiger partial charge in [-0.2, -0.15) is 5.10 Å². The maximum atomic E-state index is 4.02. The molecule has 0 radical (unpaired) electrons. The topological polar surface area (TPSA) is 40.7 Å². The molecule has 1 aromatic heterocycles. The third-order valence-electron chi connectivity index (χ3n) is 3.20. The molecule has 1 aliphatic carbocycles. The van der Waals surface area contributed by atoms with Gasteiger partial charge in [0.1, 0.15) is 0 Å². The van der Waals surface area contributed by atoms with Crippen LogP contribution in [0.3, 0.4) is 0 Å². The molecule has 78 valence electrons. The Morgan fingerprint density at radius 2 is 2.43 bits per heavy atom. The van der Waals surface area contributed by atoms with Crippen molar-refractivity contribution in [3.05, 3.63) is 17.5 Å². The molecule has 14 heavy (non-hydrogen) atoms. The average Bonchev–Trinajstić information content (AvgIpc) is 2.72. The van der Waals surface area contributed by atoms with Gasteiger partial charge in [-0.25, -0.2) is 0 Å². The van der Waals surface area contributed by atoms with Crippen LogP contribution in [0.15, 0.2) is 6.20 Å². The van der Waals surface area contributed by atoms with Crippen molar-refractivity contribution in [2.24, 2.45) is 5.92 Å². The second-order valence-corrected chi connectivity index (χ2v) is 4.53. The van der Waals surface area contributed by atoms with E-state index in [-0.39, 0.29) is 0 Å². The van der Waals surface area contributed by atoms with E-state index in [1.807, 2.05) is 6.20 Å². The zero-order chi connectivity index (χ0) is 9.97. The van der Waals surface area contributed by atoms with E-state index in [0.717, 1.165) is 12.5 Å². The Hall–Kier alpha value is -0.830. The van der Waals surface area contributed by atoms with E-state index in [1.165, 1.54) is 30.5 Å². The van der Waals surface area contributed by atoms with Crippen LogP contribution in [0, 0.1) is 12.8 Å². The lowest BCUT2D eigenvalue weighted by Gasteiger charge is -2.11. The molecule has 0 spiro atoms. The maximum absolute atomic E-state index is 4.02. The summed E-state index contributed by atoms with van der Waals surface area (Å²) in [6.45, 7) is 5.37. The normalized spacial score (nSPS) is 27.0. The lowest BCUT2D eigenvalue weighted by molar-refractivity contribution is 0.497. The van der Waals surface area contributed by atoms with Crippen molar-refractivity contribution >= 4 is 0 Å². The quantitative estimate of drug-likeness (QED) is 0.770. The largest absolute Gasteiger partial charge is 0.308 e. The molecule has 2 unspecified atom stereocenters. The second-order valence-electron chi connectivity index (χ2n) is 4.53. The van der Waals surface area contributed by atoms with Crippen molar-refractivity contribution in [1.82, 2.24) is 15.5 Å². The van der Waals surface area contributed by atoms with Crippen molar-refractivity contribution in [3.8, 4) is 0 Å². The predicted molar refractivity (Wildman–Crippen MR) is 57.0 cm³/mol. The average molecular weight is 193 g/mol. The van der Waals surface area contributed by atoms with E-state index in [4.69, 9.17) is 0 Å². The summed E-state index contributed by atoms with van der Waals surface area (Å²) in [5, 5.41) is 10.6. The van der Waals surface area contributed by atoms with Crippen LogP contribution in [0.2, 0.25) is 0 Å². The lowest BCUT2D eigenvalue weighted by atomic mass is 10.1.